The Hall–Kier alpha value is -1.23. The quantitative estimate of drug-likeness (QED) is 0.780. The van der Waals surface area contributed by atoms with Gasteiger partial charge in [-0.05, 0) is 18.6 Å². The number of benzene rings is 1. The van der Waals surface area contributed by atoms with Gasteiger partial charge in [0.05, 0.1) is 0 Å². The van der Waals surface area contributed by atoms with Gasteiger partial charge in [-0.2, -0.15) is 0 Å². The summed E-state index contributed by atoms with van der Waals surface area (Å²) in [5, 5.41) is 0.767. The van der Waals surface area contributed by atoms with Crippen LogP contribution in [0.1, 0.15) is 13.3 Å². The fourth-order valence-electron chi connectivity index (χ4n) is 2.05. The van der Waals surface area contributed by atoms with Gasteiger partial charge in [-0.15, -0.1) is 0 Å². The van der Waals surface area contributed by atoms with Gasteiger partial charge in [0, 0.05) is 18.4 Å². The molecule has 0 aromatic heterocycles. The molecule has 0 radical (unpaired) electrons. The van der Waals surface area contributed by atoms with Crippen LogP contribution in [0.15, 0.2) is 24.3 Å². The fourth-order valence-corrected chi connectivity index (χ4v) is 2.48. The SMILES string of the molecule is CCCN(CCBr)C(=O)C1COc2ccccc2O1. The molecule has 0 aliphatic carbocycles. The summed E-state index contributed by atoms with van der Waals surface area (Å²) in [5.41, 5.74) is 0. The zero-order chi connectivity index (χ0) is 13.7. The average Bonchev–Trinajstić information content (AvgIpc) is 2.46. The van der Waals surface area contributed by atoms with Crippen molar-refractivity contribution in [3.05, 3.63) is 24.3 Å². The predicted octanol–water partition coefficient (Wildman–Crippen LogP) is 2.46. The van der Waals surface area contributed by atoms with Crippen LogP contribution >= 0.6 is 15.9 Å². The molecule has 1 aromatic rings. The predicted molar refractivity (Wildman–Crippen MR) is 77.0 cm³/mol. The third-order valence-corrected chi connectivity index (χ3v) is 3.30. The van der Waals surface area contributed by atoms with Gasteiger partial charge >= 0.3 is 0 Å². The molecule has 0 N–H and O–H groups in total. The fraction of sp³-hybridized carbons (Fsp3) is 0.500. The zero-order valence-electron chi connectivity index (χ0n) is 11.0. The van der Waals surface area contributed by atoms with Crippen molar-refractivity contribution in [2.45, 2.75) is 19.4 Å². The van der Waals surface area contributed by atoms with Gasteiger partial charge < -0.3 is 14.4 Å². The third kappa shape index (κ3) is 3.41. The minimum absolute atomic E-state index is 0.00389. The van der Waals surface area contributed by atoms with Crippen LogP contribution in [-0.2, 0) is 4.79 Å². The second kappa shape index (κ2) is 6.80. The van der Waals surface area contributed by atoms with E-state index < -0.39 is 6.10 Å². The van der Waals surface area contributed by atoms with Gasteiger partial charge in [0.2, 0.25) is 6.10 Å². The summed E-state index contributed by atoms with van der Waals surface area (Å²) in [6.45, 7) is 3.76. The molecular formula is C14H18BrNO3. The third-order valence-electron chi connectivity index (χ3n) is 2.94. The summed E-state index contributed by atoms with van der Waals surface area (Å²) in [6, 6.07) is 7.43. The van der Waals surface area contributed by atoms with Gasteiger partial charge in [0.25, 0.3) is 5.91 Å². The van der Waals surface area contributed by atoms with Crippen LogP contribution in [0.2, 0.25) is 0 Å². The van der Waals surface area contributed by atoms with Crippen LogP contribution in [-0.4, -0.2) is 41.9 Å². The Morgan fingerprint density at radius 3 is 2.79 bits per heavy atom. The van der Waals surface area contributed by atoms with Gasteiger partial charge in [-0.25, -0.2) is 0 Å². The number of carbonyl (C=O) groups excluding carboxylic acids is 1. The summed E-state index contributed by atoms with van der Waals surface area (Å²) < 4.78 is 11.3. The van der Waals surface area contributed by atoms with Crippen LogP contribution in [0.4, 0.5) is 0 Å². The van der Waals surface area contributed by atoms with Gasteiger partial charge in [0.15, 0.2) is 11.5 Å². The van der Waals surface area contributed by atoms with Crippen molar-refractivity contribution in [2.75, 3.05) is 25.0 Å². The van der Waals surface area contributed by atoms with E-state index in [0.717, 1.165) is 18.3 Å². The smallest absolute Gasteiger partial charge is 0.267 e. The molecule has 0 spiro atoms. The van der Waals surface area contributed by atoms with Crippen LogP contribution in [0, 0.1) is 0 Å². The van der Waals surface area contributed by atoms with Crippen molar-refractivity contribution in [2.24, 2.45) is 0 Å². The number of carbonyl (C=O) groups is 1. The van der Waals surface area contributed by atoms with E-state index in [-0.39, 0.29) is 12.5 Å². The molecule has 104 valence electrons. The molecule has 4 nitrogen and oxygen atoms in total. The van der Waals surface area contributed by atoms with Crippen LogP contribution < -0.4 is 9.47 Å². The topological polar surface area (TPSA) is 38.8 Å². The van der Waals surface area contributed by atoms with E-state index in [2.05, 4.69) is 22.9 Å². The summed E-state index contributed by atoms with van der Waals surface area (Å²) in [6.07, 6.45) is 0.392. The van der Waals surface area contributed by atoms with E-state index in [9.17, 15) is 4.79 Å². The minimum Gasteiger partial charge on any atom is -0.485 e. The first-order valence-corrected chi connectivity index (χ1v) is 7.61. The van der Waals surface area contributed by atoms with Crippen LogP contribution in [0.25, 0.3) is 0 Å². The minimum atomic E-state index is -0.541. The maximum atomic E-state index is 12.4. The molecule has 1 heterocycles. The molecule has 1 unspecified atom stereocenters. The zero-order valence-corrected chi connectivity index (χ0v) is 12.6. The first kappa shape index (κ1) is 14.2. The van der Waals surface area contributed by atoms with Crippen molar-refractivity contribution in [1.29, 1.82) is 0 Å². The number of halogens is 1. The molecule has 1 amide bonds. The average molecular weight is 328 g/mol. The number of amides is 1. The Labute approximate surface area is 121 Å². The van der Waals surface area contributed by atoms with Gasteiger partial charge in [-0.1, -0.05) is 35.0 Å². The number of rotatable bonds is 5. The van der Waals surface area contributed by atoms with E-state index >= 15 is 0 Å². The molecule has 1 aromatic carbocycles. The molecule has 1 aliphatic heterocycles. The molecule has 1 aliphatic rings. The number of nitrogens with zero attached hydrogens (tertiary/aromatic N) is 1. The van der Waals surface area contributed by atoms with Crippen LogP contribution in [0.5, 0.6) is 11.5 Å². The van der Waals surface area contributed by atoms with Gasteiger partial charge in [0.1, 0.15) is 6.61 Å². The summed E-state index contributed by atoms with van der Waals surface area (Å²) in [4.78, 5) is 14.2. The van der Waals surface area contributed by atoms with E-state index in [1.807, 2.05) is 29.2 Å². The molecule has 0 saturated carbocycles. The highest BCUT2D eigenvalue weighted by Crippen LogP contribution is 2.31. The summed E-state index contributed by atoms with van der Waals surface area (Å²) >= 11 is 3.37. The monoisotopic (exact) mass is 327 g/mol. The lowest BCUT2D eigenvalue weighted by molar-refractivity contribution is -0.141. The maximum absolute atomic E-state index is 12.4. The highest BCUT2D eigenvalue weighted by Gasteiger charge is 2.30. The van der Waals surface area contributed by atoms with Crippen molar-refractivity contribution < 1.29 is 14.3 Å². The summed E-state index contributed by atoms with van der Waals surface area (Å²) in [5.74, 6) is 1.34. The second-order valence-corrected chi connectivity index (χ2v) is 5.17. The number of fused-ring (bicyclic) bond motifs is 1. The van der Waals surface area contributed by atoms with E-state index in [1.165, 1.54) is 0 Å². The van der Waals surface area contributed by atoms with Crippen LogP contribution in [0.3, 0.4) is 0 Å². The lowest BCUT2D eigenvalue weighted by Gasteiger charge is -2.30. The Kier molecular flexibility index (Phi) is 5.07. The molecule has 0 fully saturated rings. The first-order valence-electron chi connectivity index (χ1n) is 6.49. The lowest BCUT2D eigenvalue weighted by atomic mass is 10.2. The molecule has 5 heteroatoms. The largest absolute Gasteiger partial charge is 0.485 e. The van der Waals surface area contributed by atoms with Crippen molar-refractivity contribution >= 4 is 21.8 Å². The van der Waals surface area contributed by atoms with Crippen molar-refractivity contribution in [1.82, 2.24) is 4.90 Å². The highest BCUT2D eigenvalue weighted by molar-refractivity contribution is 9.09. The van der Waals surface area contributed by atoms with Gasteiger partial charge in [-0.3, -0.25) is 4.79 Å². The Morgan fingerprint density at radius 2 is 2.11 bits per heavy atom. The second-order valence-electron chi connectivity index (χ2n) is 4.38. The Morgan fingerprint density at radius 1 is 1.37 bits per heavy atom. The van der Waals surface area contributed by atoms with Crippen molar-refractivity contribution in [3.63, 3.8) is 0 Å². The normalized spacial score (nSPS) is 17.1. The van der Waals surface area contributed by atoms with E-state index in [1.54, 1.807) is 0 Å². The molecular weight excluding hydrogens is 310 g/mol. The number of alkyl halides is 1. The van der Waals surface area contributed by atoms with E-state index in [4.69, 9.17) is 9.47 Å². The summed E-state index contributed by atoms with van der Waals surface area (Å²) in [7, 11) is 0. The molecule has 2 rings (SSSR count). The highest BCUT2D eigenvalue weighted by atomic mass is 79.9. The number of para-hydroxylation sites is 2. The molecule has 1 atom stereocenters. The number of ether oxygens (including phenoxy) is 2. The standard InChI is InChI=1S/C14H18BrNO3/c1-2-8-16(9-7-15)14(17)13-10-18-11-5-3-4-6-12(11)19-13/h3-6,13H,2,7-10H2,1H3. The lowest BCUT2D eigenvalue weighted by Crippen LogP contribution is -2.47. The molecule has 19 heavy (non-hydrogen) atoms. The Balaban J connectivity index is 2.04. The molecule has 0 saturated heterocycles. The first-order chi connectivity index (χ1) is 9.26. The maximum Gasteiger partial charge on any atom is 0.267 e. The number of hydrogen-bond donors (Lipinski definition) is 0. The number of hydrogen-bond acceptors (Lipinski definition) is 3. The van der Waals surface area contributed by atoms with E-state index in [0.29, 0.717) is 18.0 Å². The molecule has 0 bridgehead atoms. The van der Waals surface area contributed by atoms with Crippen molar-refractivity contribution in [3.8, 4) is 11.5 Å². The Bertz CT molecular complexity index is 432.